The molecular weight excluding hydrogens is 491 g/mol. The van der Waals surface area contributed by atoms with E-state index in [1.54, 1.807) is 0 Å². The predicted octanol–water partition coefficient (Wildman–Crippen LogP) is 0.398. The summed E-state index contributed by atoms with van der Waals surface area (Å²) in [6, 6.07) is 0.886. The maximum absolute atomic E-state index is 15.1. The maximum Gasteiger partial charge on any atom is 0.255 e. The van der Waals surface area contributed by atoms with E-state index in [1.165, 1.54) is 23.3 Å². The Hall–Kier alpha value is -4.52. The smallest absolute Gasteiger partial charge is 0.255 e. The number of halogens is 1. The molecule has 5 rings (SSSR count). The van der Waals surface area contributed by atoms with Crippen molar-refractivity contribution in [1.82, 2.24) is 9.55 Å². The van der Waals surface area contributed by atoms with Crippen molar-refractivity contribution in [2.24, 2.45) is 17.6 Å². The molecule has 3 atom stereocenters. The van der Waals surface area contributed by atoms with E-state index in [4.69, 9.17) is 5.73 Å². The fraction of sp³-hybridized carbons (Fsp3) is 0.292. The lowest BCUT2D eigenvalue weighted by atomic mass is 9.59. The first-order chi connectivity index (χ1) is 17.4. The highest BCUT2D eigenvalue weighted by Crippen LogP contribution is 2.53. The van der Waals surface area contributed by atoms with E-state index in [0.29, 0.717) is 0 Å². The van der Waals surface area contributed by atoms with Crippen LogP contribution in [-0.4, -0.2) is 59.0 Å². The average molecular weight is 512 g/mol. The summed E-state index contributed by atoms with van der Waals surface area (Å²) in [6.07, 6.45) is 3.57. The van der Waals surface area contributed by atoms with Crippen LogP contribution < -0.4 is 11.1 Å². The molecule has 0 radical (unpaired) electrons. The minimum atomic E-state index is -2.72. The second-order valence-electron chi connectivity index (χ2n) is 9.30. The number of aliphatic hydroxyl groups is 3. The molecule has 12 nitrogen and oxygen atoms in total. The van der Waals surface area contributed by atoms with Crippen LogP contribution in [0, 0.1) is 17.7 Å². The van der Waals surface area contributed by atoms with Crippen LogP contribution in [0.25, 0.3) is 5.76 Å². The number of phenolic OH excluding ortho intramolecular Hbond substituents is 1. The molecule has 0 saturated heterocycles. The molecular formula is C24H21FN4O8. The Bertz CT molecular complexity index is 1460. The third kappa shape index (κ3) is 3.49. The van der Waals surface area contributed by atoms with Crippen molar-refractivity contribution >= 4 is 34.8 Å². The summed E-state index contributed by atoms with van der Waals surface area (Å²) in [5.74, 6) is -9.67. The number of anilines is 1. The molecule has 7 N–H and O–H groups in total. The molecule has 1 unspecified atom stereocenters. The number of aliphatic hydroxyl groups excluding tert-OH is 2. The van der Waals surface area contributed by atoms with Gasteiger partial charge in [-0.1, -0.05) is 0 Å². The van der Waals surface area contributed by atoms with Gasteiger partial charge in [-0.15, -0.1) is 0 Å². The Labute approximate surface area is 207 Å². The van der Waals surface area contributed by atoms with E-state index in [9.17, 15) is 39.6 Å². The first kappa shape index (κ1) is 24.2. The number of fused-ring (bicyclic) bond motifs is 3. The average Bonchev–Trinajstić information content (AvgIpc) is 3.32. The first-order valence-corrected chi connectivity index (χ1v) is 11.2. The summed E-state index contributed by atoms with van der Waals surface area (Å²) in [5, 5.41) is 46.0. The van der Waals surface area contributed by atoms with Gasteiger partial charge in [0.15, 0.2) is 17.1 Å². The van der Waals surface area contributed by atoms with Crippen LogP contribution in [0.1, 0.15) is 24.0 Å². The lowest BCUT2D eigenvalue weighted by Crippen LogP contribution is -2.58. The predicted molar refractivity (Wildman–Crippen MR) is 122 cm³/mol. The molecule has 0 spiro atoms. The number of hydrogen-bond donors (Lipinski definition) is 6. The van der Waals surface area contributed by atoms with Gasteiger partial charge in [0.05, 0.1) is 17.6 Å². The van der Waals surface area contributed by atoms with Crippen molar-refractivity contribution in [2.75, 3.05) is 5.32 Å². The quantitative estimate of drug-likeness (QED) is 0.247. The lowest BCUT2D eigenvalue weighted by Gasteiger charge is -2.46. The Morgan fingerprint density at radius 2 is 1.97 bits per heavy atom. The van der Waals surface area contributed by atoms with Crippen molar-refractivity contribution in [3.05, 3.63) is 58.6 Å². The van der Waals surface area contributed by atoms with Crippen LogP contribution in [0.5, 0.6) is 5.75 Å². The molecule has 13 heteroatoms. The zero-order valence-electron chi connectivity index (χ0n) is 19.1. The number of ketones is 2. The van der Waals surface area contributed by atoms with Crippen LogP contribution in [0.4, 0.5) is 10.1 Å². The van der Waals surface area contributed by atoms with Gasteiger partial charge in [-0.3, -0.25) is 19.2 Å². The van der Waals surface area contributed by atoms with Crippen LogP contribution in [-0.2, 0) is 32.1 Å². The molecule has 1 aromatic heterocycles. The largest absolute Gasteiger partial charge is 0.508 e. The molecule has 1 aromatic carbocycles. The zero-order chi connectivity index (χ0) is 26.8. The van der Waals surface area contributed by atoms with Crippen LogP contribution in [0.15, 0.2) is 41.7 Å². The van der Waals surface area contributed by atoms with E-state index in [0.717, 1.165) is 6.07 Å². The van der Waals surface area contributed by atoms with Crippen LogP contribution in [0.2, 0.25) is 0 Å². The van der Waals surface area contributed by atoms with Gasteiger partial charge >= 0.3 is 0 Å². The third-order valence-electron chi connectivity index (χ3n) is 7.17. The summed E-state index contributed by atoms with van der Waals surface area (Å²) in [4.78, 5) is 53.7. The van der Waals surface area contributed by atoms with Gasteiger partial charge in [0.1, 0.15) is 29.5 Å². The number of primary amides is 1. The van der Waals surface area contributed by atoms with Gasteiger partial charge in [0.25, 0.3) is 5.91 Å². The molecule has 3 aliphatic carbocycles. The van der Waals surface area contributed by atoms with Crippen molar-refractivity contribution in [3.63, 3.8) is 0 Å². The van der Waals surface area contributed by atoms with E-state index in [-0.39, 0.29) is 30.6 Å². The summed E-state index contributed by atoms with van der Waals surface area (Å²) in [6.45, 7) is -0.202. The number of phenols is 1. The topological polar surface area (TPSA) is 205 Å². The summed E-state index contributed by atoms with van der Waals surface area (Å²) in [5.41, 5.74) is 0.170. The fourth-order valence-electron chi connectivity index (χ4n) is 5.47. The molecule has 1 heterocycles. The number of amides is 2. The van der Waals surface area contributed by atoms with E-state index >= 15 is 4.39 Å². The molecule has 1 saturated carbocycles. The standard InChI is InChI=1S/C24H21FN4O8/c25-12-6-13(28-15(31)7-29-2-1-27-8-29)19(32)17-11(12)4-9-3-10-5-14(30)18(23(26)36)22(35)24(10,37)21(34)16(9)20(17)33/h1-2,6,8-10,32-33,35,37H,3-5,7H2,(H2,26,36)(H,28,31)/t9?,10-,24-/m0/s1. The zero-order valence-corrected chi connectivity index (χ0v) is 19.1. The molecule has 192 valence electrons. The highest BCUT2D eigenvalue weighted by Gasteiger charge is 2.60. The number of nitrogens with one attached hydrogen (secondary N) is 1. The summed E-state index contributed by atoms with van der Waals surface area (Å²) in [7, 11) is 0. The number of hydrogen-bond acceptors (Lipinski definition) is 9. The first-order valence-electron chi connectivity index (χ1n) is 11.2. The number of rotatable bonds is 4. The van der Waals surface area contributed by atoms with Crippen molar-refractivity contribution in [1.29, 1.82) is 0 Å². The van der Waals surface area contributed by atoms with Gasteiger partial charge in [-0.05, 0) is 18.8 Å². The lowest BCUT2D eigenvalue weighted by molar-refractivity contribution is -0.147. The van der Waals surface area contributed by atoms with Gasteiger partial charge in [-0.25, -0.2) is 9.37 Å². The summed E-state index contributed by atoms with van der Waals surface area (Å²) < 4.78 is 16.6. The number of aromatic nitrogens is 2. The number of benzene rings is 1. The highest BCUT2D eigenvalue weighted by atomic mass is 19.1. The second kappa shape index (κ2) is 8.27. The van der Waals surface area contributed by atoms with Gasteiger partial charge in [0, 0.05) is 41.9 Å². The number of nitrogens with zero attached hydrogens (tertiary/aromatic N) is 2. The maximum atomic E-state index is 15.1. The number of aromatic hydroxyl groups is 1. The van der Waals surface area contributed by atoms with Crippen LogP contribution >= 0.6 is 0 Å². The number of carbonyl (C=O) groups is 4. The molecule has 3 aliphatic rings. The van der Waals surface area contributed by atoms with E-state index in [1.807, 2.05) is 0 Å². The number of Topliss-reactive ketones (excluding diaryl/α,β-unsaturated/α-hetero) is 2. The normalized spacial score (nSPS) is 24.9. The Morgan fingerprint density at radius 1 is 1.24 bits per heavy atom. The Morgan fingerprint density at radius 3 is 2.62 bits per heavy atom. The highest BCUT2D eigenvalue weighted by molar-refractivity contribution is 6.22. The molecule has 1 fully saturated rings. The SMILES string of the molecule is NC(=O)C1=C(O)[C@@]2(O)C(=O)C3=C(O)c4c(O)c(NC(=O)Cn5ccnc5)cc(F)c4CC3C[C@H]2CC1=O. The van der Waals surface area contributed by atoms with Gasteiger partial charge < -0.3 is 36.0 Å². The van der Waals surface area contributed by atoms with E-state index in [2.05, 4.69) is 10.3 Å². The molecule has 0 bridgehead atoms. The Kier molecular flexibility index (Phi) is 5.40. The Balaban J connectivity index is 1.58. The minimum Gasteiger partial charge on any atom is -0.508 e. The van der Waals surface area contributed by atoms with E-state index < -0.39 is 87.0 Å². The second-order valence-corrected chi connectivity index (χ2v) is 9.30. The molecule has 0 aliphatic heterocycles. The van der Waals surface area contributed by atoms with Crippen molar-refractivity contribution in [3.8, 4) is 5.75 Å². The van der Waals surface area contributed by atoms with Gasteiger partial charge in [0.2, 0.25) is 11.7 Å². The summed E-state index contributed by atoms with van der Waals surface area (Å²) >= 11 is 0. The number of carbonyl (C=O) groups excluding carboxylic acids is 4. The van der Waals surface area contributed by atoms with Crippen molar-refractivity contribution in [2.45, 2.75) is 31.4 Å². The van der Waals surface area contributed by atoms with Gasteiger partial charge in [-0.2, -0.15) is 0 Å². The molecule has 37 heavy (non-hydrogen) atoms. The van der Waals surface area contributed by atoms with Crippen LogP contribution in [0.3, 0.4) is 0 Å². The number of nitrogens with two attached hydrogens (primary N) is 1. The molecule has 2 amide bonds. The fourth-order valence-corrected chi connectivity index (χ4v) is 5.47. The van der Waals surface area contributed by atoms with Crippen molar-refractivity contribution < 1.29 is 44.0 Å². The number of imidazole rings is 1. The molecule has 2 aromatic rings. The third-order valence-corrected chi connectivity index (χ3v) is 7.17. The monoisotopic (exact) mass is 512 g/mol. The minimum absolute atomic E-state index is 0.119.